The Morgan fingerprint density at radius 3 is 2.58 bits per heavy atom. The van der Waals surface area contributed by atoms with Crippen molar-refractivity contribution in [2.45, 2.75) is 25.9 Å². The van der Waals surface area contributed by atoms with Gasteiger partial charge < -0.3 is 10.5 Å². The Morgan fingerprint density at radius 2 is 1.92 bits per heavy atom. The van der Waals surface area contributed by atoms with Crippen LogP contribution in [-0.4, -0.2) is 31.9 Å². The van der Waals surface area contributed by atoms with Gasteiger partial charge in [0.15, 0.2) is 0 Å². The lowest BCUT2D eigenvalue weighted by Gasteiger charge is -2.31. The molecule has 3 N–H and O–H groups in total. The Labute approximate surface area is 152 Å². The summed E-state index contributed by atoms with van der Waals surface area (Å²) in [5.74, 6) is 0.101. The molecule has 1 fully saturated rings. The predicted molar refractivity (Wildman–Crippen MR) is 99.8 cm³/mol. The molecule has 6 nitrogen and oxygen atoms in total. The van der Waals surface area contributed by atoms with Gasteiger partial charge in [-0.05, 0) is 55.7 Å². The molecule has 0 aromatic heterocycles. The molecule has 8 heteroatoms. The molecular formula is C18H22FN3O3S. The zero-order valence-corrected chi connectivity index (χ0v) is 15.3. The number of rotatable bonds is 5. The van der Waals surface area contributed by atoms with Crippen LogP contribution >= 0.6 is 0 Å². The average Bonchev–Trinajstić information content (AvgIpc) is 2.54. The molecule has 1 saturated heterocycles. The molecule has 0 amide bonds. The predicted octanol–water partition coefficient (Wildman–Crippen LogP) is 2.92. The molecule has 3 rings (SSSR count). The van der Waals surface area contributed by atoms with E-state index in [0.717, 1.165) is 5.56 Å². The third-order valence-corrected chi connectivity index (χ3v) is 5.72. The van der Waals surface area contributed by atoms with Gasteiger partial charge in [0.25, 0.3) is 0 Å². The lowest BCUT2D eigenvalue weighted by Crippen LogP contribution is -2.44. The van der Waals surface area contributed by atoms with E-state index in [1.54, 1.807) is 30.3 Å². The highest BCUT2D eigenvalue weighted by molar-refractivity contribution is 7.90. The minimum atomic E-state index is -3.66. The maximum absolute atomic E-state index is 13.2. The quantitative estimate of drug-likeness (QED) is 0.783. The molecule has 0 unspecified atom stereocenters. The summed E-state index contributed by atoms with van der Waals surface area (Å²) < 4.78 is 48.1. The lowest BCUT2D eigenvalue weighted by molar-refractivity contribution is 0.135. The SMILES string of the molecule is Cc1cc(N)cc(NS(=O)(=O)N2CCC(Oc3cccc(F)c3)CC2)c1. The number of nitrogens with two attached hydrogens (primary N) is 1. The number of halogens is 1. The third-order valence-electron chi connectivity index (χ3n) is 4.19. The van der Waals surface area contributed by atoms with Gasteiger partial charge in [0, 0.05) is 24.8 Å². The molecule has 0 spiro atoms. The largest absolute Gasteiger partial charge is 0.490 e. The first-order valence-electron chi connectivity index (χ1n) is 8.39. The van der Waals surface area contributed by atoms with Gasteiger partial charge >= 0.3 is 10.2 Å². The van der Waals surface area contributed by atoms with Crippen LogP contribution in [0.3, 0.4) is 0 Å². The second-order valence-corrected chi connectivity index (χ2v) is 8.08. The molecule has 140 valence electrons. The van der Waals surface area contributed by atoms with Gasteiger partial charge in [-0.15, -0.1) is 0 Å². The number of anilines is 2. The van der Waals surface area contributed by atoms with Crippen molar-refractivity contribution in [1.29, 1.82) is 0 Å². The van der Waals surface area contributed by atoms with Crippen LogP contribution in [0.1, 0.15) is 18.4 Å². The van der Waals surface area contributed by atoms with E-state index in [2.05, 4.69) is 4.72 Å². The molecule has 1 aliphatic heterocycles. The number of aryl methyl sites for hydroxylation is 1. The number of nitrogen functional groups attached to an aromatic ring is 1. The fourth-order valence-corrected chi connectivity index (χ4v) is 4.24. The average molecular weight is 379 g/mol. The smallest absolute Gasteiger partial charge is 0.301 e. The van der Waals surface area contributed by atoms with Crippen molar-refractivity contribution in [1.82, 2.24) is 4.31 Å². The summed E-state index contributed by atoms with van der Waals surface area (Å²) in [5.41, 5.74) is 7.60. The van der Waals surface area contributed by atoms with Crippen molar-refractivity contribution in [2.75, 3.05) is 23.5 Å². The van der Waals surface area contributed by atoms with Crippen LogP contribution in [0.25, 0.3) is 0 Å². The van der Waals surface area contributed by atoms with Gasteiger partial charge in [-0.2, -0.15) is 12.7 Å². The van der Waals surface area contributed by atoms with Gasteiger partial charge in [0.05, 0.1) is 5.69 Å². The van der Waals surface area contributed by atoms with Crippen molar-refractivity contribution >= 4 is 21.6 Å². The highest BCUT2D eigenvalue weighted by Gasteiger charge is 2.29. The van der Waals surface area contributed by atoms with Crippen molar-refractivity contribution in [3.63, 3.8) is 0 Å². The first-order valence-corrected chi connectivity index (χ1v) is 9.83. The Hall–Kier alpha value is -2.32. The van der Waals surface area contributed by atoms with Crippen molar-refractivity contribution in [2.24, 2.45) is 0 Å². The maximum atomic E-state index is 13.2. The van der Waals surface area contributed by atoms with Gasteiger partial charge in [0.1, 0.15) is 17.7 Å². The monoisotopic (exact) mass is 379 g/mol. The molecule has 0 radical (unpaired) electrons. The molecule has 0 atom stereocenters. The highest BCUT2D eigenvalue weighted by atomic mass is 32.2. The van der Waals surface area contributed by atoms with Crippen molar-refractivity contribution in [3.05, 3.63) is 53.8 Å². The molecule has 2 aromatic carbocycles. The molecule has 1 aliphatic rings. The normalized spacial score (nSPS) is 16.4. The third kappa shape index (κ3) is 4.64. The van der Waals surface area contributed by atoms with E-state index >= 15 is 0 Å². The number of ether oxygens (including phenoxy) is 1. The van der Waals surface area contributed by atoms with E-state index in [9.17, 15) is 12.8 Å². The minimum absolute atomic E-state index is 0.141. The molecule has 26 heavy (non-hydrogen) atoms. The Kier molecular flexibility index (Phi) is 5.33. The summed E-state index contributed by atoms with van der Waals surface area (Å²) in [6, 6.07) is 11.0. The second-order valence-electron chi connectivity index (χ2n) is 6.41. The number of hydrogen-bond acceptors (Lipinski definition) is 4. The summed E-state index contributed by atoms with van der Waals surface area (Å²) >= 11 is 0. The standard InChI is InChI=1S/C18H22FN3O3S/c1-13-9-15(20)12-16(10-13)21-26(23,24)22-7-5-17(6-8-22)25-18-4-2-3-14(19)11-18/h2-4,9-12,17,21H,5-8,20H2,1H3. The summed E-state index contributed by atoms with van der Waals surface area (Å²) in [5, 5.41) is 0. The van der Waals surface area contributed by atoms with Gasteiger partial charge in [0.2, 0.25) is 0 Å². The van der Waals surface area contributed by atoms with Crippen LogP contribution in [0.5, 0.6) is 5.75 Å². The number of hydrogen-bond donors (Lipinski definition) is 2. The number of nitrogens with one attached hydrogen (secondary N) is 1. The highest BCUT2D eigenvalue weighted by Crippen LogP contribution is 2.23. The summed E-state index contributed by atoms with van der Waals surface area (Å²) in [4.78, 5) is 0. The van der Waals surface area contributed by atoms with Gasteiger partial charge in [-0.3, -0.25) is 4.72 Å². The zero-order valence-electron chi connectivity index (χ0n) is 14.5. The second kappa shape index (κ2) is 7.51. The number of benzene rings is 2. The first-order chi connectivity index (χ1) is 12.3. The summed E-state index contributed by atoms with van der Waals surface area (Å²) in [7, 11) is -3.66. The maximum Gasteiger partial charge on any atom is 0.301 e. The minimum Gasteiger partial charge on any atom is -0.490 e. The van der Waals surface area contributed by atoms with Crippen molar-refractivity contribution in [3.8, 4) is 5.75 Å². The molecule has 0 aliphatic carbocycles. The molecule has 2 aromatic rings. The molecule has 1 heterocycles. The van der Waals surface area contributed by atoms with Crippen LogP contribution in [0, 0.1) is 12.7 Å². The molecule has 0 bridgehead atoms. The summed E-state index contributed by atoms with van der Waals surface area (Å²) in [6.45, 7) is 2.51. The van der Waals surface area contributed by atoms with Crippen LogP contribution in [0.4, 0.5) is 15.8 Å². The van der Waals surface area contributed by atoms with E-state index in [-0.39, 0.29) is 11.9 Å². The fourth-order valence-electron chi connectivity index (χ4n) is 3.01. The van der Waals surface area contributed by atoms with Crippen LogP contribution in [-0.2, 0) is 10.2 Å². The molecule has 0 saturated carbocycles. The van der Waals surface area contributed by atoms with Gasteiger partial charge in [-0.25, -0.2) is 4.39 Å². The molecular weight excluding hydrogens is 357 g/mol. The van der Waals surface area contributed by atoms with Crippen LogP contribution in [0.2, 0.25) is 0 Å². The Morgan fingerprint density at radius 1 is 1.19 bits per heavy atom. The number of piperidine rings is 1. The van der Waals surface area contributed by atoms with E-state index < -0.39 is 10.2 Å². The van der Waals surface area contributed by atoms with Crippen LogP contribution in [0.15, 0.2) is 42.5 Å². The zero-order chi connectivity index (χ0) is 18.7. The van der Waals surface area contributed by atoms with E-state index in [0.29, 0.717) is 43.1 Å². The van der Waals surface area contributed by atoms with E-state index in [4.69, 9.17) is 10.5 Å². The first kappa shape index (κ1) is 18.5. The van der Waals surface area contributed by atoms with Crippen LogP contribution < -0.4 is 15.2 Å². The van der Waals surface area contributed by atoms with Gasteiger partial charge in [-0.1, -0.05) is 6.07 Å². The van der Waals surface area contributed by atoms with E-state index in [1.807, 2.05) is 6.92 Å². The number of nitrogens with zero attached hydrogens (tertiary/aromatic N) is 1. The van der Waals surface area contributed by atoms with Crippen molar-refractivity contribution < 1.29 is 17.5 Å². The fraction of sp³-hybridized carbons (Fsp3) is 0.333. The Bertz CT molecular complexity index is 861. The lowest BCUT2D eigenvalue weighted by atomic mass is 10.1. The topological polar surface area (TPSA) is 84.7 Å². The Balaban J connectivity index is 1.59. The van der Waals surface area contributed by atoms with E-state index in [1.165, 1.54) is 16.4 Å². The summed E-state index contributed by atoms with van der Waals surface area (Å²) in [6.07, 6.45) is 0.929.